The van der Waals surface area contributed by atoms with E-state index < -0.39 is 41.6 Å². The minimum atomic E-state index is -0.956. The van der Waals surface area contributed by atoms with E-state index in [2.05, 4.69) is 5.32 Å². The van der Waals surface area contributed by atoms with Gasteiger partial charge in [-0.3, -0.25) is 4.79 Å². The summed E-state index contributed by atoms with van der Waals surface area (Å²) < 4.78 is 10.1. The Hall–Kier alpha value is -1.34. The van der Waals surface area contributed by atoms with Gasteiger partial charge in [0.1, 0.15) is 5.60 Å². The molecule has 0 unspecified atom stereocenters. The number of rotatable bonds is 6. The lowest BCUT2D eigenvalue weighted by Crippen LogP contribution is -2.51. The number of nitrogens with one attached hydrogen (secondary N) is 1. The highest BCUT2D eigenvalue weighted by atomic mass is 16.6. The van der Waals surface area contributed by atoms with Crippen molar-refractivity contribution < 1.29 is 24.2 Å². The van der Waals surface area contributed by atoms with Gasteiger partial charge in [0, 0.05) is 18.0 Å². The molecular formula is C18H34N2O5. The third-order valence-corrected chi connectivity index (χ3v) is 5.02. The minimum Gasteiger partial charge on any atom is -0.469 e. The number of methoxy groups -OCH3 is 1. The van der Waals surface area contributed by atoms with Gasteiger partial charge in [-0.05, 0) is 33.1 Å². The van der Waals surface area contributed by atoms with Crippen molar-refractivity contribution in [3.05, 3.63) is 0 Å². The smallest absolute Gasteiger partial charge is 0.407 e. The van der Waals surface area contributed by atoms with Crippen molar-refractivity contribution in [1.29, 1.82) is 0 Å². The van der Waals surface area contributed by atoms with Crippen molar-refractivity contribution in [1.82, 2.24) is 5.32 Å². The Morgan fingerprint density at radius 1 is 1.28 bits per heavy atom. The van der Waals surface area contributed by atoms with Crippen LogP contribution in [-0.4, -0.2) is 48.1 Å². The van der Waals surface area contributed by atoms with E-state index in [9.17, 15) is 14.7 Å². The zero-order valence-corrected chi connectivity index (χ0v) is 16.2. The van der Waals surface area contributed by atoms with E-state index in [4.69, 9.17) is 15.2 Å². The molecule has 1 rings (SSSR count). The van der Waals surface area contributed by atoms with Gasteiger partial charge in [-0.1, -0.05) is 26.7 Å². The Bertz CT molecular complexity index is 459. The van der Waals surface area contributed by atoms with Crippen LogP contribution in [0.3, 0.4) is 0 Å². The number of carbonyl (C=O) groups excluding carboxylic acids is 2. The number of nitrogens with two attached hydrogens (primary N) is 1. The molecule has 0 heterocycles. The molecular weight excluding hydrogens is 324 g/mol. The van der Waals surface area contributed by atoms with Crippen LogP contribution in [0.5, 0.6) is 0 Å². The summed E-state index contributed by atoms with van der Waals surface area (Å²) in [5.74, 6) is -1.42. The van der Waals surface area contributed by atoms with Crippen LogP contribution in [0.1, 0.15) is 53.9 Å². The summed E-state index contributed by atoms with van der Waals surface area (Å²) in [7, 11) is 1.29. The first-order valence-corrected chi connectivity index (χ1v) is 9.06. The second-order valence-corrected chi connectivity index (χ2v) is 7.84. The molecule has 5 atom stereocenters. The molecule has 7 heteroatoms. The van der Waals surface area contributed by atoms with Gasteiger partial charge >= 0.3 is 12.1 Å². The number of carbonyl (C=O) groups is 2. The summed E-state index contributed by atoms with van der Waals surface area (Å²) in [5.41, 5.74) is 5.80. The summed E-state index contributed by atoms with van der Waals surface area (Å²) in [6.07, 6.45) is 0.484. The number of amides is 1. The van der Waals surface area contributed by atoms with Gasteiger partial charge in [-0.2, -0.15) is 0 Å². The average Bonchev–Trinajstić information content (AvgIpc) is 2.81. The predicted octanol–water partition coefficient (Wildman–Crippen LogP) is 1.81. The van der Waals surface area contributed by atoms with E-state index in [1.807, 2.05) is 13.8 Å². The molecule has 0 aromatic carbocycles. The largest absolute Gasteiger partial charge is 0.469 e. The number of aliphatic hydroxyl groups excluding tert-OH is 1. The van der Waals surface area contributed by atoms with E-state index >= 15 is 0 Å². The van der Waals surface area contributed by atoms with Crippen LogP contribution in [0.25, 0.3) is 0 Å². The summed E-state index contributed by atoms with van der Waals surface area (Å²) in [4.78, 5) is 24.2. The minimum absolute atomic E-state index is 0.194. The molecule has 146 valence electrons. The SMILES string of the molecule is CCC(CC)[C@H](N)[C@@H]1[C@H](O)[C@@H](C(=O)OC)C[C@H]1NC(=O)OC(C)(C)C. The molecule has 0 aliphatic heterocycles. The van der Waals surface area contributed by atoms with Crippen LogP contribution in [-0.2, 0) is 14.3 Å². The Morgan fingerprint density at radius 3 is 2.28 bits per heavy atom. The quantitative estimate of drug-likeness (QED) is 0.625. The van der Waals surface area contributed by atoms with E-state index in [1.54, 1.807) is 20.8 Å². The number of alkyl carbamates (subject to hydrolysis) is 1. The lowest BCUT2D eigenvalue weighted by atomic mass is 9.81. The number of ether oxygens (including phenoxy) is 2. The van der Waals surface area contributed by atoms with Gasteiger partial charge in [-0.15, -0.1) is 0 Å². The molecule has 7 nitrogen and oxygen atoms in total. The fraction of sp³-hybridized carbons (Fsp3) is 0.889. The molecule has 4 N–H and O–H groups in total. The molecule has 25 heavy (non-hydrogen) atoms. The highest BCUT2D eigenvalue weighted by molar-refractivity contribution is 5.74. The Kier molecular flexibility index (Phi) is 7.68. The second-order valence-electron chi connectivity index (χ2n) is 7.84. The highest BCUT2D eigenvalue weighted by Crippen LogP contribution is 2.37. The first-order chi connectivity index (χ1) is 11.6. The maximum Gasteiger partial charge on any atom is 0.407 e. The monoisotopic (exact) mass is 358 g/mol. The molecule has 1 fully saturated rings. The summed E-state index contributed by atoms with van der Waals surface area (Å²) in [6, 6.07) is -0.774. The third-order valence-electron chi connectivity index (χ3n) is 5.02. The van der Waals surface area contributed by atoms with Crippen LogP contribution in [0.2, 0.25) is 0 Å². The van der Waals surface area contributed by atoms with E-state index in [-0.39, 0.29) is 18.4 Å². The molecule has 0 bridgehead atoms. The first kappa shape index (κ1) is 21.7. The van der Waals surface area contributed by atoms with E-state index in [0.717, 1.165) is 12.8 Å². The maximum absolute atomic E-state index is 12.2. The van der Waals surface area contributed by atoms with Crippen molar-refractivity contribution in [3.8, 4) is 0 Å². The van der Waals surface area contributed by atoms with Gasteiger partial charge < -0.3 is 25.6 Å². The normalized spacial score (nSPS) is 27.9. The van der Waals surface area contributed by atoms with Crippen molar-refractivity contribution in [2.75, 3.05) is 7.11 Å². The number of hydrogen-bond acceptors (Lipinski definition) is 6. The maximum atomic E-state index is 12.2. The van der Waals surface area contributed by atoms with Crippen molar-refractivity contribution in [2.45, 2.75) is 77.7 Å². The van der Waals surface area contributed by atoms with E-state index in [1.165, 1.54) is 7.11 Å². The summed E-state index contributed by atoms with van der Waals surface area (Å²) >= 11 is 0. The van der Waals surface area contributed by atoms with Crippen molar-refractivity contribution >= 4 is 12.1 Å². The molecule has 0 aromatic heterocycles. The van der Waals surface area contributed by atoms with Crippen LogP contribution in [0, 0.1) is 17.8 Å². The number of aliphatic hydroxyl groups is 1. The lowest BCUT2D eigenvalue weighted by Gasteiger charge is -2.33. The predicted molar refractivity (Wildman–Crippen MR) is 94.8 cm³/mol. The molecule has 1 aliphatic rings. The molecule has 1 saturated carbocycles. The highest BCUT2D eigenvalue weighted by Gasteiger charge is 2.50. The Labute approximate surface area is 150 Å². The lowest BCUT2D eigenvalue weighted by molar-refractivity contribution is -0.149. The molecule has 1 aliphatic carbocycles. The zero-order valence-electron chi connectivity index (χ0n) is 16.2. The van der Waals surface area contributed by atoms with Crippen molar-refractivity contribution in [3.63, 3.8) is 0 Å². The molecule has 0 radical (unpaired) electrons. The molecule has 0 saturated heterocycles. The Balaban J connectivity index is 3.00. The molecule has 0 aromatic rings. The van der Waals surface area contributed by atoms with Gasteiger partial charge in [0.2, 0.25) is 0 Å². The third kappa shape index (κ3) is 5.57. The van der Waals surface area contributed by atoms with E-state index in [0.29, 0.717) is 0 Å². The fourth-order valence-corrected chi connectivity index (χ4v) is 3.72. The summed E-state index contributed by atoms with van der Waals surface area (Å²) in [5, 5.41) is 13.5. The molecule has 0 spiro atoms. The average molecular weight is 358 g/mol. The number of esters is 1. The van der Waals surface area contributed by atoms with Gasteiger partial charge in [0.15, 0.2) is 0 Å². The van der Waals surface area contributed by atoms with Gasteiger partial charge in [-0.25, -0.2) is 4.79 Å². The zero-order chi connectivity index (χ0) is 19.4. The van der Waals surface area contributed by atoms with Crippen LogP contribution >= 0.6 is 0 Å². The molecule has 1 amide bonds. The topological polar surface area (TPSA) is 111 Å². The second kappa shape index (κ2) is 8.85. The standard InChI is InChI=1S/C18H34N2O5/c1-7-10(8-2)14(19)13-12(20-17(23)25-18(3,4)5)9-11(15(13)21)16(22)24-6/h10-15,21H,7-9,19H2,1-6H3,(H,20,23)/t11-,12+,13+,14-,15+/m0/s1. The van der Waals surface area contributed by atoms with Gasteiger partial charge in [0.25, 0.3) is 0 Å². The number of hydrogen-bond donors (Lipinski definition) is 3. The van der Waals surface area contributed by atoms with Crippen LogP contribution < -0.4 is 11.1 Å². The van der Waals surface area contributed by atoms with Crippen LogP contribution in [0.4, 0.5) is 4.79 Å². The van der Waals surface area contributed by atoms with Crippen LogP contribution in [0.15, 0.2) is 0 Å². The summed E-state index contributed by atoms with van der Waals surface area (Å²) in [6.45, 7) is 9.43. The van der Waals surface area contributed by atoms with Gasteiger partial charge in [0.05, 0.1) is 19.1 Å². The van der Waals surface area contributed by atoms with Crippen molar-refractivity contribution in [2.24, 2.45) is 23.5 Å². The Morgan fingerprint density at radius 2 is 1.84 bits per heavy atom. The first-order valence-electron chi connectivity index (χ1n) is 9.06. The fourth-order valence-electron chi connectivity index (χ4n) is 3.72.